The number of hydrogen-bond acceptors (Lipinski definition) is 4. The molecular weight excluding hydrogens is 504 g/mol. The summed E-state index contributed by atoms with van der Waals surface area (Å²) < 4.78 is 6.08. The van der Waals surface area contributed by atoms with Gasteiger partial charge in [0, 0.05) is 4.47 Å². The van der Waals surface area contributed by atoms with Gasteiger partial charge in [-0.25, -0.2) is 5.01 Å². The van der Waals surface area contributed by atoms with E-state index >= 15 is 0 Å². The van der Waals surface area contributed by atoms with E-state index in [-0.39, 0.29) is 21.1 Å². The van der Waals surface area contributed by atoms with Crippen LogP contribution in [0.25, 0.3) is 0 Å². The molecule has 1 fully saturated rings. The van der Waals surface area contributed by atoms with Crippen LogP contribution in [-0.4, -0.2) is 33.8 Å². The number of benzene rings is 1. The molecule has 1 N–H and O–H groups in total. The first-order valence-corrected chi connectivity index (χ1v) is 9.80. The van der Waals surface area contributed by atoms with Gasteiger partial charge in [0.25, 0.3) is 11.8 Å². The zero-order valence-corrected chi connectivity index (χ0v) is 17.9. The van der Waals surface area contributed by atoms with Gasteiger partial charge in [-0.2, -0.15) is 4.98 Å². The second-order valence-corrected chi connectivity index (χ2v) is 8.04. The summed E-state index contributed by atoms with van der Waals surface area (Å²) in [7, 11) is 0. The number of nitrogens with zero attached hydrogens (tertiary/aromatic N) is 2. The van der Waals surface area contributed by atoms with Crippen molar-refractivity contribution in [2.24, 2.45) is 0 Å². The highest BCUT2D eigenvalue weighted by molar-refractivity contribution is 9.10. The van der Waals surface area contributed by atoms with Crippen LogP contribution in [0, 0.1) is 0 Å². The van der Waals surface area contributed by atoms with Crippen LogP contribution < -0.4 is 10.2 Å². The fourth-order valence-corrected chi connectivity index (χ4v) is 3.74. The van der Waals surface area contributed by atoms with E-state index in [1.54, 1.807) is 0 Å². The molecule has 1 aliphatic rings. The minimum Gasteiger partial charge on any atom is -0.466 e. The van der Waals surface area contributed by atoms with Crippen molar-refractivity contribution in [1.82, 2.24) is 15.4 Å². The molecule has 1 saturated heterocycles. The Morgan fingerprint density at radius 2 is 2.00 bits per heavy atom. The average Bonchev–Trinajstić information content (AvgIpc) is 2.63. The summed E-state index contributed by atoms with van der Waals surface area (Å²) in [5, 5.41) is 0.648. The van der Waals surface area contributed by atoms with Gasteiger partial charge in [0.15, 0.2) is 11.8 Å². The van der Waals surface area contributed by atoms with Crippen molar-refractivity contribution in [3.63, 3.8) is 0 Å². The third-order valence-electron chi connectivity index (χ3n) is 3.66. The van der Waals surface area contributed by atoms with Crippen LogP contribution in [0.5, 0.6) is 5.88 Å². The molecule has 2 unspecified atom stereocenters. The Balaban J connectivity index is 1.65. The maximum Gasteiger partial charge on any atom is 0.276 e. The molecule has 0 aliphatic carbocycles. The minimum absolute atomic E-state index is 0.00547. The van der Waals surface area contributed by atoms with Crippen LogP contribution in [0.2, 0.25) is 15.2 Å². The first-order chi connectivity index (χ1) is 12.8. The van der Waals surface area contributed by atoms with Crippen LogP contribution >= 0.6 is 62.3 Å². The van der Waals surface area contributed by atoms with Gasteiger partial charge in [-0.05, 0) is 23.8 Å². The van der Waals surface area contributed by atoms with Crippen LogP contribution in [0.1, 0.15) is 11.6 Å². The van der Waals surface area contributed by atoms with Gasteiger partial charge in [0.2, 0.25) is 5.88 Å². The number of rotatable bonds is 5. The number of pyridine rings is 1. The summed E-state index contributed by atoms with van der Waals surface area (Å²) in [5.41, 5.74) is 3.25. The van der Waals surface area contributed by atoms with E-state index in [2.05, 4.69) is 26.3 Å². The van der Waals surface area contributed by atoms with E-state index < -0.39 is 29.8 Å². The van der Waals surface area contributed by atoms with Crippen molar-refractivity contribution in [2.75, 3.05) is 6.61 Å². The smallest absolute Gasteiger partial charge is 0.276 e. The lowest BCUT2D eigenvalue weighted by Gasteiger charge is -2.43. The number of alkyl halides is 1. The van der Waals surface area contributed by atoms with Crippen LogP contribution in [0.3, 0.4) is 0 Å². The summed E-state index contributed by atoms with van der Waals surface area (Å²) in [5.74, 6) is -1.05. The zero-order valence-electron chi connectivity index (χ0n) is 13.3. The lowest BCUT2D eigenvalue weighted by molar-refractivity contribution is -0.157. The van der Waals surface area contributed by atoms with E-state index in [1.807, 2.05) is 24.3 Å². The molecule has 3 rings (SSSR count). The lowest BCUT2D eigenvalue weighted by atomic mass is 9.95. The standard InChI is InChI=1S/C16H10BrCl4N3O3/c17-8-3-1-2-7(4-8)13-12(20)16(26)24(13)23-11(25)6-27-15-10(19)5-9(18)14(21)22-15/h1-5,12-13H,6H2,(H,23,25). The molecule has 27 heavy (non-hydrogen) atoms. The molecule has 142 valence electrons. The van der Waals surface area contributed by atoms with Crippen LogP contribution in [-0.2, 0) is 9.59 Å². The van der Waals surface area contributed by atoms with E-state index in [0.29, 0.717) is 0 Å². The molecule has 2 atom stereocenters. The van der Waals surface area contributed by atoms with Gasteiger partial charge in [0.1, 0.15) is 16.4 Å². The third-order valence-corrected chi connectivity index (χ3v) is 5.52. The van der Waals surface area contributed by atoms with E-state index in [4.69, 9.17) is 51.1 Å². The van der Waals surface area contributed by atoms with Gasteiger partial charge < -0.3 is 4.74 Å². The molecule has 11 heteroatoms. The summed E-state index contributed by atoms with van der Waals surface area (Å²) in [4.78, 5) is 28.1. The van der Waals surface area contributed by atoms with Crippen LogP contribution in [0.15, 0.2) is 34.8 Å². The van der Waals surface area contributed by atoms with Gasteiger partial charge >= 0.3 is 0 Å². The molecule has 1 aromatic heterocycles. The first-order valence-electron chi connectivity index (χ1n) is 7.44. The van der Waals surface area contributed by atoms with Crippen molar-refractivity contribution in [2.45, 2.75) is 11.4 Å². The first kappa shape index (κ1) is 20.5. The quantitative estimate of drug-likeness (QED) is 0.365. The number of nitrogens with one attached hydrogen (secondary N) is 1. The summed E-state index contributed by atoms with van der Waals surface area (Å²) in [6.45, 7) is -0.438. The highest BCUT2D eigenvalue weighted by atomic mass is 79.9. The van der Waals surface area contributed by atoms with Crippen LogP contribution in [0.4, 0.5) is 0 Å². The molecule has 2 amide bonds. The molecule has 2 heterocycles. The topological polar surface area (TPSA) is 71.5 Å². The number of β-lactam (4-membered cyclic amide) rings is 1. The monoisotopic (exact) mass is 511 g/mol. The molecular formula is C16H10BrCl4N3O3. The molecule has 1 aromatic carbocycles. The Morgan fingerprint density at radius 1 is 1.26 bits per heavy atom. The Morgan fingerprint density at radius 3 is 2.70 bits per heavy atom. The summed E-state index contributed by atoms with van der Waals surface area (Å²) in [6.07, 6.45) is 0. The number of carbonyl (C=O) groups excluding carboxylic acids is 2. The third kappa shape index (κ3) is 4.43. The van der Waals surface area contributed by atoms with E-state index in [0.717, 1.165) is 15.0 Å². The molecule has 0 bridgehead atoms. The Labute approximate surface area is 182 Å². The highest BCUT2D eigenvalue weighted by Gasteiger charge is 2.48. The van der Waals surface area contributed by atoms with Crippen molar-refractivity contribution < 1.29 is 14.3 Å². The Hall–Kier alpha value is -1.25. The van der Waals surface area contributed by atoms with Gasteiger partial charge in [-0.15, -0.1) is 11.6 Å². The second-order valence-electron chi connectivity index (χ2n) is 5.48. The molecule has 2 aromatic rings. The number of aromatic nitrogens is 1. The van der Waals surface area contributed by atoms with Crippen molar-refractivity contribution in [3.8, 4) is 5.88 Å². The number of hydrazine groups is 1. The maximum atomic E-state index is 12.2. The normalized spacial score (nSPS) is 18.9. The molecule has 0 radical (unpaired) electrons. The van der Waals surface area contributed by atoms with Crippen molar-refractivity contribution >= 4 is 74.1 Å². The number of carbonyl (C=O) groups is 2. The SMILES string of the molecule is O=C(COc1nc(Cl)c(Cl)cc1Cl)NN1C(=O)C(Cl)C1c1cccc(Br)c1. The predicted molar refractivity (Wildman–Crippen MR) is 106 cm³/mol. The Kier molecular flexibility index (Phi) is 6.38. The van der Waals surface area contributed by atoms with E-state index in [9.17, 15) is 9.59 Å². The predicted octanol–water partition coefficient (Wildman–Crippen LogP) is 4.41. The zero-order chi connectivity index (χ0) is 19.7. The van der Waals surface area contributed by atoms with Gasteiger partial charge in [-0.1, -0.05) is 62.9 Å². The molecule has 6 nitrogen and oxygen atoms in total. The fourth-order valence-electron chi connectivity index (χ4n) is 2.42. The lowest BCUT2D eigenvalue weighted by Crippen LogP contribution is -2.63. The minimum atomic E-state index is -0.772. The average molecular weight is 514 g/mol. The molecule has 1 aliphatic heterocycles. The van der Waals surface area contributed by atoms with E-state index in [1.165, 1.54) is 6.07 Å². The van der Waals surface area contributed by atoms with Crippen molar-refractivity contribution in [3.05, 3.63) is 55.6 Å². The fraction of sp³-hybridized carbons (Fsp3) is 0.188. The summed E-state index contributed by atoms with van der Waals surface area (Å²) in [6, 6.07) is 8.15. The Bertz CT molecular complexity index is 914. The number of halogens is 5. The molecule has 0 saturated carbocycles. The highest BCUT2D eigenvalue weighted by Crippen LogP contribution is 2.37. The molecule has 0 spiro atoms. The largest absolute Gasteiger partial charge is 0.466 e. The van der Waals surface area contributed by atoms with Gasteiger partial charge in [-0.3, -0.25) is 15.0 Å². The number of ether oxygens (including phenoxy) is 1. The van der Waals surface area contributed by atoms with Gasteiger partial charge in [0.05, 0.1) is 5.02 Å². The maximum absolute atomic E-state index is 12.2. The second kappa shape index (κ2) is 8.41. The summed E-state index contributed by atoms with van der Waals surface area (Å²) >= 11 is 27.0. The number of amides is 2. The van der Waals surface area contributed by atoms with Crippen molar-refractivity contribution in [1.29, 1.82) is 0 Å². The number of hydrogen-bond donors (Lipinski definition) is 1.